The maximum atomic E-state index is 12.1. The number of rotatable bonds is 8. The van der Waals surface area contributed by atoms with Gasteiger partial charge in [0.1, 0.15) is 11.8 Å². The highest BCUT2D eigenvalue weighted by atomic mass is 16.5. The molecule has 0 radical (unpaired) electrons. The van der Waals surface area contributed by atoms with E-state index in [1.54, 1.807) is 31.2 Å². The molecule has 0 aromatic heterocycles. The van der Waals surface area contributed by atoms with Crippen molar-refractivity contribution in [3.8, 4) is 5.75 Å². The lowest BCUT2D eigenvalue weighted by Gasteiger charge is -2.14. The Kier molecular flexibility index (Phi) is 7.43. The number of hydrogen-bond acceptors (Lipinski definition) is 4. The van der Waals surface area contributed by atoms with Crippen molar-refractivity contribution in [2.24, 2.45) is 5.92 Å². The van der Waals surface area contributed by atoms with Crippen LogP contribution in [0.15, 0.2) is 24.3 Å². The molecule has 0 spiro atoms. The van der Waals surface area contributed by atoms with E-state index in [0.29, 0.717) is 23.8 Å². The summed E-state index contributed by atoms with van der Waals surface area (Å²) >= 11 is 0. The van der Waals surface area contributed by atoms with Gasteiger partial charge < -0.3 is 14.8 Å². The van der Waals surface area contributed by atoms with Crippen LogP contribution in [0.5, 0.6) is 5.75 Å². The summed E-state index contributed by atoms with van der Waals surface area (Å²) in [4.78, 5) is 23.9. The fourth-order valence-electron chi connectivity index (χ4n) is 1.89. The van der Waals surface area contributed by atoms with Crippen LogP contribution in [0.3, 0.4) is 0 Å². The van der Waals surface area contributed by atoms with Gasteiger partial charge in [-0.1, -0.05) is 19.9 Å². The van der Waals surface area contributed by atoms with E-state index in [2.05, 4.69) is 19.2 Å². The SMILES string of the molecule is COc1cccc(C(=O)NC(C)C(=O)OCCCC(C)C)c1. The third kappa shape index (κ3) is 6.16. The molecule has 0 fully saturated rings. The number of amides is 1. The normalized spacial score (nSPS) is 11.9. The quantitative estimate of drug-likeness (QED) is 0.592. The molecule has 5 nitrogen and oxygen atoms in total. The molecule has 1 N–H and O–H groups in total. The number of benzene rings is 1. The lowest BCUT2D eigenvalue weighted by molar-refractivity contribution is -0.145. The molecule has 1 atom stereocenters. The smallest absolute Gasteiger partial charge is 0.328 e. The Bertz CT molecular complexity index is 499. The van der Waals surface area contributed by atoms with Crippen molar-refractivity contribution in [3.05, 3.63) is 29.8 Å². The van der Waals surface area contributed by atoms with Crippen LogP contribution in [-0.4, -0.2) is 31.6 Å². The molecule has 0 aliphatic heterocycles. The van der Waals surface area contributed by atoms with E-state index >= 15 is 0 Å². The highest BCUT2D eigenvalue weighted by molar-refractivity contribution is 5.97. The average molecular weight is 307 g/mol. The minimum atomic E-state index is -0.683. The lowest BCUT2D eigenvalue weighted by Crippen LogP contribution is -2.39. The largest absolute Gasteiger partial charge is 0.497 e. The molecule has 22 heavy (non-hydrogen) atoms. The van der Waals surface area contributed by atoms with Crippen molar-refractivity contribution in [3.63, 3.8) is 0 Å². The van der Waals surface area contributed by atoms with E-state index in [0.717, 1.165) is 12.8 Å². The number of esters is 1. The van der Waals surface area contributed by atoms with Gasteiger partial charge in [0.2, 0.25) is 0 Å². The molecular formula is C17H25NO4. The summed E-state index contributed by atoms with van der Waals surface area (Å²) < 4.78 is 10.2. The van der Waals surface area contributed by atoms with Crippen molar-refractivity contribution in [1.82, 2.24) is 5.32 Å². The van der Waals surface area contributed by atoms with Crippen LogP contribution in [0, 0.1) is 5.92 Å². The third-order valence-electron chi connectivity index (χ3n) is 3.20. The van der Waals surface area contributed by atoms with Gasteiger partial charge in [-0.2, -0.15) is 0 Å². The van der Waals surface area contributed by atoms with Crippen molar-refractivity contribution in [2.75, 3.05) is 13.7 Å². The van der Waals surface area contributed by atoms with Crippen LogP contribution < -0.4 is 10.1 Å². The molecule has 5 heteroatoms. The number of methoxy groups -OCH3 is 1. The van der Waals surface area contributed by atoms with Crippen molar-refractivity contribution < 1.29 is 19.1 Å². The molecule has 0 aliphatic rings. The Morgan fingerprint density at radius 2 is 1.95 bits per heavy atom. The Hall–Kier alpha value is -2.04. The van der Waals surface area contributed by atoms with E-state index in [9.17, 15) is 9.59 Å². The Balaban J connectivity index is 2.44. The number of hydrogen-bond donors (Lipinski definition) is 1. The second-order valence-electron chi connectivity index (χ2n) is 5.63. The average Bonchev–Trinajstić information content (AvgIpc) is 2.51. The van der Waals surface area contributed by atoms with Gasteiger partial charge in [-0.05, 0) is 43.9 Å². The summed E-state index contributed by atoms with van der Waals surface area (Å²) in [5.41, 5.74) is 0.443. The second kappa shape index (κ2) is 9.07. The fourth-order valence-corrected chi connectivity index (χ4v) is 1.89. The van der Waals surface area contributed by atoms with Crippen molar-refractivity contribution in [1.29, 1.82) is 0 Å². The molecule has 0 bridgehead atoms. The zero-order chi connectivity index (χ0) is 16.5. The van der Waals surface area contributed by atoms with Crippen LogP contribution in [0.2, 0.25) is 0 Å². The number of ether oxygens (including phenoxy) is 2. The Morgan fingerprint density at radius 1 is 1.23 bits per heavy atom. The minimum Gasteiger partial charge on any atom is -0.497 e. The summed E-state index contributed by atoms with van der Waals surface area (Å²) in [6, 6.07) is 6.08. The maximum absolute atomic E-state index is 12.1. The standard InChI is InChI=1S/C17H25NO4/c1-12(2)7-6-10-22-17(20)13(3)18-16(19)14-8-5-9-15(11-14)21-4/h5,8-9,11-13H,6-7,10H2,1-4H3,(H,18,19). The molecule has 1 aromatic carbocycles. The van der Waals surface area contributed by atoms with Crippen LogP contribution in [0.1, 0.15) is 44.0 Å². The molecule has 1 aromatic rings. The van der Waals surface area contributed by atoms with Gasteiger partial charge >= 0.3 is 5.97 Å². The number of carbonyl (C=O) groups is 2. The third-order valence-corrected chi connectivity index (χ3v) is 3.20. The van der Waals surface area contributed by atoms with Crippen molar-refractivity contribution in [2.45, 2.75) is 39.7 Å². The molecule has 122 valence electrons. The summed E-state index contributed by atoms with van der Waals surface area (Å²) in [5.74, 6) is 0.436. The van der Waals surface area contributed by atoms with E-state index in [4.69, 9.17) is 9.47 Å². The molecule has 0 heterocycles. The molecule has 1 amide bonds. The molecule has 0 saturated carbocycles. The lowest BCUT2D eigenvalue weighted by atomic mass is 10.1. The predicted octanol–water partition coefficient (Wildman–Crippen LogP) is 2.79. The predicted molar refractivity (Wildman–Crippen MR) is 85.0 cm³/mol. The molecule has 0 saturated heterocycles. The van der Waals surface area contributed by atoms with Crippen LogP contribution >= 0.6 is 0 Å². The topological polar surface area (TPSA) is 64.6 Å². The fraction of sp³-hybridized carbons (Fsp3) is 0.529. The first-order chi connectivity index (χ1) is 10.4. The second-order valence-corrected chi connectivity index (χ2v) is 5.63. The van der Waals surface area contributed by atoms with Crippen LogP contribution in [0.4, 0.5) is 0 Å². The highest BCUT2D eigenvalue weighted by Crippen LogP contribution is 2.12. The summed E-state index contributed by atoms with van der Waals surface area (Å²) in [6.45, 7) is 6.25. The first-order valence-electron chi connectivity index (χ1n) is 7.55. The first-order valence-corrected chi connectivity index (χ1v) is 7.55. The van der Waals surface area contributed by atoms with Gasteiger partial charge in [0.05, 0.1) is 13.7 Å². The van der Waals surface area contributed by atoms with Gasteiger partial charge in [0.15, 0.2) is 0 Å². The van der Waals surface area contributed by atoms with E-state index in [1.165, 1.54) is 7.11 Å². The molecule has 0 aliphatic carbocycles. The Morgan fingerprint density at radius 3 is 2.59 bits per heavy atom. The highest BCUT2D eigenvalue weighted by Gasteiger charge is 2.18. The van der Waals surface area contributed by atoms with Crippen LogP contribution in [-0.2, 0) is 9.53 Å². The number of nitrogens with one attached hydrogen (secondary N) is 1. The van der Waals surface area contributed by atoms with Gasteiger partial charge in [-0.25, -0.2) is 4.79 Å². The van der Waals surface area contributed by atoms with E-state index in [1.807, 2.05) is 0 Å². The zero-order valence-electron chi connectivity index (χ0n) is 13.7. The number of carbonyl (C=O) groups excluding carboxylic acids is 2. The zero-order valence-corrected chi connectivity index (χ0v) is 13.7. The molecular weight excluding hydrogens is 282 g/mol. The van der Waals surface area contributed by atoms with Gasteiger partial charge in [0.25, 0.3) is 5.91 Å². The first kappa shape index (κ1) is 18.0. The summed E-state index contributed by atoms with van der Waals surface area (Å²) in [6.07, 6.45) is 1.85. The van der Waals surface area contributed by atoms with E-state index < -0.39 is 12.0 Å². The van der Waals surface area contributed by atoms with Crippen LogP contribution in [0.25, 0.3) is 0 Å². The molecule has 1 rings (SSSR count). The minimum absolute atomic E-state index is 0.328. The summed E-state index contributed by atoms with van der Waals surface area (Å²) in [5, 5.41) is 2.63. The monoisotopic (exact) mass is 307 g/mol. The van der Waals surface area contributed by atoms with Gasteiger partial charge in [-0.15, -0.1) is 0 Å². The van der Waals surface area contributed by atoms with Gasteiger partial charge in [0, 0.05) is 5.56 Å². The maximum Gasteiger partial charge on any atom is 0.328 e. The van der Waals surface area contributed by atoms with Gasteiger partial charge in [-0.3, -0.25) is 4.79 Å². The van der Waals surface area contributed by atoms with E-state index in [-0.39, 0.29) is 5.91 Å². The van der Waals surface area contributed by atoms with Crippen molar-refractivity contribution >= 4 is 11.9 Å². The molecule has 1 unspecified atom stereocenters. The summed E-state index contributed by atoms with van der Waals surface area (Å²) in [7, 11) is 1.54. The Labute approximate surface area is 132 Å².